The van der Waals surface area contributed by atoms with Crippen molar-refractivity contribution in [3.05, 3.63) is 53.9 Å². The van der Waals surface area contributed by atoms with Crippen LogP contribution in [0.2, 0.25) is 0 Å². The van der Waals surface area contributed by atoms with Crippen molar-refractivity contribution in [3.8, 4) is 5.75 Å². The van der Waals surface area contributed by atoms with Crippen molar-refractivity contribution in [1.82, 2.24) is 9.88 Å². The summed E-state index contributed by atoms with van der Waals surface area (Å²) in [6, 6.07) is 7.91. The molecular formula is C18H21F2N3O2. The maximum atomic E-state index is 12.6. The van der Waals surface area contributed by atoms with E-state index in [1.54, 1.807) is 43.4 Å². The van der Waals surface area contributed by atoms with E-state index in [0.29, 0.717) is 11.3 Å². The molecule has 134 valence electrons. The Hall–Kier alpha value is -2.70. The minimum Gasteiger partial charge on any atom is -0.434 e. The predicted octanol–water partition coefficient (Wildman–Crippen LogP) is 4.61. The molecule has 0 unspecified atom stereocenters. The van der Waals surface area contributed by atoms with Crippen molar-refractivity contribution in [2.24, 2.45) is 0 Å². The summed E-state index contributed by atoms with van der Waals surface area (Å²) in [6.07, 6.45) is 4.08. The summed E-state index contributed by atoms with van der Waals surface area (Å²) in [5, 5.41) is 2.75. The average Bonchev–Trinajstić information content (AvgIpc) is 2.59. The van der Waals surface area contributed by atoms with Crippen LogP contribution >= 0.6 is 0 Å². The zero-order valence-corrected chi connectivity index (χ0v) is 14.4. The van der Waals surface area contributed by atoms with E-state index >= 15 is 0 Å². The number of anilines is 1. The molecule has 0 bridgehead atoms. The summed E-state index contributed by atoms with van der Waals surface area (Å²) in [5.41, 5.74) is 1.85. The van der Waals surface area contributed by atoms with Gasteiger partial charge >= 0.3 is 12.6 Å². The highest BCUT2D eigenvalue weighted by Crippen LogP contribution is 2.28. The van der Waals surface area contributed by atoms with E-state index in [-0.39, 0.29) is 17.8 Å². The number of hydrogen-bond acceptors (Lipinski definition) is 3. The molecule has 5 nitrogen and oxygen atoms in total. The van der Waals surface area contributed by atoms with Gasteiger partial charge in [0.05, 0.1) is 6.04 Å². The number of ether oxygens (including phenoxy) is 1. The van der Waals surface area contributed by atoms with Crippen LogP contribution in [0.1, 0.15) is 30.5 Å². The van der Waals surface area contributed by atoms with Gasteiger partial charge in [0, 0.05) is 30.7 Å². The number of rotatable bonds is 6. The van der Waals surface area contributed by atoms with Gasteiger partial charge in [-0.15, -0.1) is 0 Å². The van der Waals surface area contributed by atoms with Gasteiger partial charge in [-0.2, -0.15) is 8.78 Å². The second kappa shape index (κ2) is 8.41. The van der Waals surface area contributed by atoms with Gasteiger partial charge in [0.15, 0.2) is 0 Å². The Bertz CT molecular complexity index is 711. The lowest BCUT2D eigenvalue weighted by Crippen LogP contribution is -2.34. The third-order valence-corrected chi connectivity index (χ3v) is 4.01. The third-order valence-electron chi connectivity index (χ3n) is 4.01. The van der Waals surface area contributed by atoms with Crippen LogP contribution in [-0.2, 0) is 0 Å². The summed E-state index contributed by atoms with van der Waals surface area (Å²) in [6.45, 7) is 0.688. The van der Waals surface area contributed by atoms with Crippen molar-refractivity contribution in [2.75, 3.05) is 12.4 Å². The maximum Gasteiger partial charge on any atom is 0.387 e. The third kappa shape index (κ3) is 4.65. The molecule has 0 aliphatic rings. The molecule has 0 aliphatic heterocycles. The number of carbonyl (C=O) groups excluding carboxylic acids is 1. The van der Waals surface area contributed by atoms with Crippen molar-refractivity contribution in [2.45, 2.75) is 32.9 Å². The first-order chi connectivity index (χ1) is 11.9. The van der Waals surface area contributed by atoms with Gasteiger partial charge in [-0.05, 0) is 43.2 Å². The summed E-state index contributed by atoms with van der Waals surface area (Å²) >= 11 is 0. The zero-order valence-electron chi connectivity index (χ0n) is 14.4. The summed E-state index contributed by atoms with van der Waals surface area (Å²) in [4.78, 5) is 18.1. The zero-order chi connectivity index (χ0) is 18.4. The first-order valence-corrected chi connectivity index (χ1v) is 7.92. The van der Waals surface area contributed by atoms with E-state index in [9.17, 15) is 13.6 Å². The molecule has 1 aromatic carbocycles. The SMILES string of the molecule is CC[C@@H](c1ccncc1)N(C)C(=O)Nc1cccc(OC(F)F)c1C. The van der Waals surface area contributed by atoms with E-state index in [0.717, 1.165) is 12.0 Å². The highest BCUT2D eigenvalue weighted by molar-refractivity contribution is 5.90. The van der Waals surface area contributed by atoms with Gasteiger partial charge in [-0.3, -0.25) is 4.98 Å². The Labute approximate surface area is 145 Å². The quantitative estimate of drug-likeness (QED) is 0.829. The van der Waals surface area contributed by atoms with Gasteiger partial charge < -0.3 is 15.0 Å². The minimum absolute atomic E-state index is 0.0385. The van der Waals surface area contributed by atoms with E-state index in [4.69, 9.17) is 0 Å². The van der Waals surface area contributed by atoms with E-state index in [1.165, 1.54) is 6.07 Å². The molecule has 1 heterocycles. The largest absolute Gasteiger partial charge is 0.434 e. The molecule has 1 aromatic heterocycles. The molecule has 0 aliphatic carbocycles. The number of nitrogens with zero attached hydrogens (tertiary/aromatic N) is 2. The summed E-state index contributed by atoms with van der Waals surface area (Å²) in [5.74, 6) is 0.0385. The Balaban J connectivity index is 2.16. The highest BCUT2D eigenvalue weighted by Gasteiger charge is 2.21. The van der Waals surface area contributed by atoms with Gasteiger partial charge in [0.25, 0.3) is 0 Å². The van der Waals surface area contributed by atoms with Crippen LogP contribution in [0.15, 0.2) is 42.7 Å². The van der Waals surface area contributed by atoms with Gasteiger partial charge in [0.2, 0.25) is 0 Å². The number of carbonyl (C=O) groups is 1. The minimum atomic E-state index is -2.91. The Kier molecular flexibility index (Phi) is 6.27. The Morgan fingerprint density at radius 2 is 1.96 bits per heavy atom. The lowest BCUT2D eigenvalue weighted by molar-refractivity contribution is -0.0502. The van der Waals surface area contributed by atoms with E-state index < -0.39 is 6.61 Å². The van der Waals surface area contributed by atoms with Crippen LogP contribution in [0.5, 0.6) is 5.75 Å². The molecule has 0 saturated carbocycles. The first-order valence-electron chi connectivity index (χ1n) is 7.92. The van der Waals surface area contributed by atoms with Gasteiger partial charge in [0.1, 0.15) is 5.75 Å². The van der Waals surface area contributed by atoms with Crippen LogP contribution in [0.4, 0.5) is 19.3 Å². The summed E-state index contributed by atoms with van der Waals surface area (Å²) < 4.78 is 29.3. The molecule has 2 aromatic rings. The van der Waals surface area contributed by atoms with Crippen LogP contribution in [-0.4, -0.2) is 29.6 Å². The molecule has 2 amide bonds. The Morgan fingerprint density at radius 3 is 2.56 bits per heavy atom. The highest BCUT2D eigenvalue weighted by atomic mass is 19.3. The number of alkyl halides is 2. The fraction of sp³-hybridized carbons (Fsp3) is 0.333. The van der Waals surface area contributed by atoms with E-state index in [2.05, 4.69) is 15.0 Å². The number of halogens is 2. The first kappa shape index (κ1) is 18.6. The summed E-state index contributed by atoms with van der Waals surface area (Å²) in [7, 11) is 1.69. The number of urea groups is 1. The number of pyridine rings is 1. The predicted molar refractivity (Wildman–Crippen MR) is 91.9 cm³/mol. The number of aromatic nitrogens is 1. The molecule has 25 heavy (non-hydrogen) atoms. The maximum absolute atomic E-state index is 12.6. The van der Waals surface area contributed by atoms with Crippen molar-refractivity contribution >= 4 is 11.7 Å². The standard InChI is InChI=1S/C18H21F2N3O2/c1-4-15(13-8-10-21-11-9-13)23(3)18(24)22-14-6-5-7-16(12(14)2)25-17(19)20/h5-11,15,17H,4H2,1-3H3,(H,22,24)/t15-/m0/s1. The number of amides is 2. The van der Waals surface area contributed by atoms with Gasteiger partial charge in [-0.25, -0.2) is 4.79 Å². The second-order valence-corrected chi connectivity index (χ2v) is 5.55. The fourth-order valence-electron chi connectivity index (χ4n) is 2.64. The average molecular weight is 349 g/mol. The van der Waals surface area contributed by atoms with Crippen LogP contribution < -0.4 is 10.1 Å². The molecule has 0 fully saturated rings. The Morgan fingerprint density at radius 1 is 1.28 bits per heavy atom. The normalized spacial score (nSPS) is 11.9. The number of hydrogen-bond donors (Lipinski definition) is 1. The molecule has 0 radical (unpaired) electrons. The van der Waals surface area contributed by atoms with Gasteiger partial charge in [-0.1, -0.05) is 13.0 Å². The fourth-order valence-corrected chi connectivity index (χ4v) is 2.64. The monoisotopic (exact) mass is 349 g/mol. The van der Waals surface area contributed by atoms with Crippen molar-refractivity contribution in [1.29, 1.82) is 0 Å². The van der Waals surface area contributed by atoms with Crippen LogP contribution in [0.25, 0.3) is 0 Å². The molecular weight excluding hydrogens is 328 g/mol. The topological polar surface area (TPSA) is 54.5 Å². The van der Waals surface area contributed by atoms with Crippen LogP contribution in [0, 0.1) is 6.92 Å². The smallest absolute Gasteiger partial charge is 0.387 e. The molecule has 2 rings (SSSR count). The van der Waals surface area contributed by atoms with Crippen molar-refractivity contribution in [3.63, 3.8) is 0 Å². The van der Waals surface area contributed by atoms with E-state index in [1.807, 2.05) is 19.1 Å². The van der Waals surface area contributed by atoms with Crippen molar-refractivity contribution < 1.29 is 18.3 Å². The lowest BCUT2D eigenvalue weighted by atomic mass is 10.1. The molecule has 1 N–H and O–H groups in total. The number of nitrogens with one attached hydrogen (secondary N) is 1. The molecule has 7 heteroatoms. The number of benzene rings is 1. The molecule has 0 spiro atoms. The van der Waals surface area contributed by atoms with Crippen LogP contribution in [0.3, 0.4) is 0 Å². The lowest BCUT2D eigenvalue weighted by Gasteiger charge is -2.28. The molecule has 0 saturated heterocycles. The molecule has 1 atom stereocenters. The second-order valence-electron chi connectivity index (χ2n) is 5.55.